The van der Waals surface area contributed by atoms with E-state index < -0.39 is 0 Å². The Labute approximate surface area is 168 Å². The zero-order valence-corrected chi connectivity index (χ0v) is 17.8. The molecule has 1 fully saturated rings. The number of benzene rings is 1. The van der Waals surface area contributed by atoms with Gasteiger partial charge in [0.1, 0.15) is 0 Å². The van der Waals surface area contributed by atoms with E-state index in [4.69, 9.17) is 17.0 Å². The Morgan fingerprint density at radius 2 is 2.00 bits per heavy atom. The van der Waals surface area contributed by atoms with E-state index in [0.717, 1.165) is 42.6 Å². The van der Waals surface area contributed by atoms with Crippen molar-refractivity contribution in [1.82, 2.24) is 10.2 Å². The number of ether oxygens (including phenoxy) is 1. The molecule has 0 aliphatic carbocycles. The molecule has 0 saturated carbocycles. The van der Waals surface area contributed by atoms with Gasteiger partial charge in [0.2, 0.25) is 0 Å². The van der Waals surface area contributed by atoms with E-state index in [1.165, 1.54) is 19.5 Å². The van der Waals surface area contributed by atoms with Gasteiger partial charge in [0, 0.05) is 25.3 Å². The van der Waals surface area contributed by atoms with E-state index in [9.17, 15) is 4.79 Å². The van der Waals surface area contributed by atoms with E-state index >= 15 is 0 Å². The third-order valence-electron chi connectivity index (χ3n) is 4.96. The molecule has 2 atom stereocenters. The van der Waals surface area contributed by atoms with Crippen LogP contribution in [0.1, 0.15) is 49.5 Å². The number of likely N-dealkylation sites (tertiary alicyclic amines) is 1. The quantitative estimate of drug-likeness (QED) is 0.419. The van der Waals surface area contributed by atoms with Crippen LogP contribution < -0.4 is 10.6 Å². The summed E-state index contributed by atoms with van der Waals surface area (Å²) in [5.41, 5.74) is 2.24. The van der Waals surface area contributed by atoms with Crippen LogP contribution in [0.25, 0.3) is 0 Å². The minimum atomic E-state index is -0.303. The number of hydrogen-bond acceptors (Lipinski definition) is 4. The van der Waals surface area contributed by atoms with Crippen LogP contribution in [0.15, 0.2) is 18.2 Å². The number of esters is 1. The molecule has 1 aliphatic rings. The van der Waals surface area contributed by atoms with Gasteiger partial charge in [0.25, 0.3) is 0 Å². The van der Waals surface area contributed by atoms with Gasteiger partial charge in [0.15, 0.2) is 5.11 Å². The van der Waals surface area contributed by atoms with Gasteiger partial charge >= 0.3 is 5.97 Å². The summed E-state index contributed by atoms with van der Waals surface area (Å²) in [5.74, 6) is 1.28. The average molecular weight is 392 g/mol. The smallest absolute Gasteiger partial charge is 0.338 e. The van der Waals surface area contributed by atoms with E-state index in [1.54, 1.807) is 13.0 Å². The summed E-state index contributed by atoms with van der Waals surface area (Å²) in [7, 11) is 0. The molecule has 1 aliphatic heterocycles. The maximum atomic E-state index is 12.0. The highest BCUT2D eigenvalue weighted by molar-refractivity contribution is 7.80. The molecule has 0 bridgehead atoms. The Kier molecular flexibility index (Phi) is 8.51. The molecule has 2 rings (SSSR count). The zero-order valence-electron chi connectivity index (χ0n) is 17.0. The number of carbonyl (C=O) groups is 1. The second-order valence-corrected chi connectivity index (χ2v) is 8.05. The molecule has 6 heteroatoms. The van der Waals surface area contributed by atoms with Gasteiger partial charge in [-0.2, -0.15) is 0 Å². The Morgan fingerprint density at radius 3 is 2.67 bits per heavy atom. The summed E-state index contributed by atoms with van der Waals surface area (Å²) >= 11 is 5.41. The number of carbonyl (C=O) groups excluding carboxylic acids is 1. The van der Waals surface area contributed by atoms with Crippen molar-refractivity contribution in [1.29, 1.82) is 0 Å². The summed E-state index contributed by atoms with van der Waals surface area (Å²) in [6, 6.07) is 5.53. The second kappa shape index (κ2) is 10.6. The summed E-state index contributed by atoms with van der Waals surface area (Å²) in [5, 5.41) is 7.05. The molecule has 5 nitrogen and oxygen atoms in total. The molecule has 1 heterocycles. The van der Waals surface area contributed by atoms with Crippen LogP contribution in [-0.2, 0) is 4.74 Å². The lowest BCUT2D eigenvalue weighted by Gasteiger charge is -2.35. The van der Waals surface area contributed by atoms with Crippen LogP contribution in [0.4, 0.5) is 5.69 Å². The molecular formula is C21H33N3O2S. The van der Waals surface area contributed by atoms with E-state index in [1.807, 2.05) is 19.1 Å². The monoisotopic (exact) mass is 391 g/mol. The van der Waals surface area contributed by atoms with Gasteiger partial charge in [0.05, 0.1) is 12.2 Å². The third kappa shape index (κ3) is 6.78. The largest absolute Gasteiger partial charge is 0.462 e. The predicted molar refractivity (Wildman–Crippen MR) is 115 cm³/mol. The molecule has 0 amide bonds. The van der Waals surface area contributed by atoms with Crippen LogP contribution in [0.3, 0.4) is 0 Å². The molecule has 2 N–H and O–H groups in total. The third-order valence-corrected chi connectivity index (χ3v) is 5.20. The normalized spacial score (nSPS) is 20.1. The van der Waals surface area contributed by atoms with E-state index in [0.29, 0.717) is 17.3 Å². The SMILES string of the molecule is CCOC(=O)c1cccc(NC(=S)NCCCN2C[C@H](C)C[C@H](C)C2)c1C. The second-order valence-electron chi connectivity index (χ2n) is 7.64. The van der Waals surface area contributed by atoms with Crippen LogP contribution in [0.5, 0.6) is 0 Å². The van der Waals surface area contributed by atoms with E-state index in [-0.39, 0.29) is 5.97 Å². The molecule has 27 heavy (non-hydrogen) atoms. The lowest BCUT2D eigenvalue weighted by atomic mass is 9.92. The van der Waals surface area contributed by atoms with Gasteiger partial charge in [-0.15, -0.1) is 0 Å². The van der Waals surface area contributed by atoms with Crippen LogP contribution >= 0.6 is 12.2 Å². The van der Waals surface area contributed by atoms with Crippen LogP contribution in [0, 0.1) is 18.8 Å². The fourth-order valence-corrected chi connectivity index (χ4v) is 4.06. The van der Waals surface area contributed by atoms with E-state index in [2.05, 4.69) is 29.4 Å². The minimum absolute atomic E-state index is 0.303. The molecule has 1 saturated heterocycles. The summed E-state index contributed by atoms with van der Waals surface area (Å²) in [6.07, 6.45) is 2.40. The first-order valence-electron chi connectivity index (χ1n) is 9.94. The van der Waals surface area contributed by atoms with Gasteiger partial charge < -0.3 is 20.3 Å². The summed E-state index contributed by atoms with van der Waals surface area (Å²) in [6.45, 7) is 13.1. The molecule has 1 aromatic carbocycles. The number of rotatable bonds is 7. The fourth-order valence-electron chi connectivity index (χ4n) is 3.85. The Bertz CT molecular complexity index is 640. The predicted octanol–water partition coefficient (Wildman–Crippen LogP) is 3.83. The van der Waals surface area contributed by atoms with Crippen molar-refractivity contribution in [3.63, 3.8) is 0 Å². The summed E-state index contributed by atoms with van der Waals surface area (Å²) in [4.78, 5) is 14.6. The molecule has 1 aromatic rings. The standard InChI is InChI=1S/C21H33N3O2S/c1-5-26-20(25)18-8-6-9-19(17(18)4)23-21(27)22-10-7-11-24-13-15(2)12-16(3)14-24/h6,8-9,15-16H,5,7,10-14H2,1-4H3,(H2,22,23,27)/t15-,16+. The Hall–Kier alpha value is -1.66. The lowest BCUT2D eigenvalue weighted by molar-refractivity contribution is 0.0525. The molecule has 0 radical (unpaired) electrons. The lowest BCUT2D eigenvalue weighted by Crippen LogP contribution is -2.40. The van der Waals surface area contributed by atoms with Crippen molar-refractivity contribution in [2.24, 2.45) is 11.8 Å². The highest BCUT2D eigenvalue weighted by atomic mass is 32.1. The van der Waals surface area contributed by atoms with Gasteiger partial charge in [-0.05, 0) is 75.0 Å². The zero-order chi connectivity index (χ0) is 19.8. The maximum Gasteiger partial charge on any atom is 0.338 e. The van der Waals surface area contributed by atoms with Crippen molar-refractivity contribution < 1.29 is 9.53 Å². The number of hydrogen-bond donors (Lipinski definition) is 2. The first-order chi connectivity index (χ1) is 12.9. The van der Waals surface area contributed by atoms with Crippen molar-refractivity contribution in [2.45, 2.75) is 40.5 Å². The van der Waals surface area contributed by atoms with Gasteiger partial charge in [-0.25, -0.2) is 4.79 Å². The highest BCUT2D eigenvalue weighted by Crippen LogP contribution is 2.21. The number of nitrogens with zero attached hydrogens (tertiary/aromatic N) is 1. The van der Waals surface area contributed by atoms with Gasteiger partial charge in [-0.1, -0.05) is 19.9 Å². The molecule has 0 unspecified atom stereocenters. The van der Waals surface area contributed by atoms with Crippen molar-refractivity contribution in [3.05, 3.63) is 29.3 Å². The van der Waals surface area contributed by atoms with Crippen LogP contribution in [-0.4, -0.2) is 48.8 Å². The fraction of sp³-hybridized carbons (Fsp3) is 0.619. The topological polar surface area (TPSA) is 53.6 Å². The molecule has 0 spiro atoms. The molecular weight excluding hydrogens is 358 g/mol. The first kappa shape index (κ1) is 21.6. The summed E-state index contributed by atoms with van der Waals surface area (Å²) < 4.78 is 5.10. The number of nitrogens with one attached hydrogen (secondary N) is 2. The number of thiocarbonyl (C=S) groups is 1. The minimum Gasteiger partial charge on any atom is -0.462 e. The number of anilines is 1. The van der Waals surface area contributed by atoms with Crippen molar-refractivity contribution >= 4 is 29.0 Å². The van der Waals surface area contributed by atoms with Crippen molar-refractivity contribution in [2.75, 3.05) is 38.1 Å². The Balaban J connectivity index is 1.77. The number of piperidine rings is 1. The average Bonchev–Trinajstić information content (AvgIpc) is 2.60. The highest BCUT2D eigenvalue weighted by Gasteiger charge is 2.21. The Morgan fingerprint density at radius 1 is 1.30 bits per heavy atom. The maximum absolute atomic E-state index is 12.0. The first-order valence-corrected chi connectivity index (χ1v) is 10.4. The van der Waals surface area contributed by atoms with Crippen LogP contribution in [0.2, 0.25) is 0 Å². The van der Waals surface area contributed by atoms with Gasteiger partial charge in [-0.3, -0.25) is 0 Å². The molecule has 0 aromatic heterocycles. The van der Waals surface area contributed by atoms with Crippen molar-refractivity contribution in [3.8, 4) is 0 Å². The molecule has 150 valence electrons.